The van der Waals surface area contributed by atoms with E-state index in [2.05, 4.69) is 21.2 Å². The van der Waals surface area contributed by atoms with Crippen LogP contribution in [0.1, 0.15) is 5.56 Å². The third kappa shape index (κ3) is 3.99. The summed E-state index contributed by atoms with van der Waals surface area (Å²) >= 11 is 4.11. The summed E-state index contributed by atoms with van der Waals surface area (Å²) in [7, 11) is 0. The maximum Gasteiger partial charge on any atom is 0.294 e. The number of hydrogen-bond acceptors (Lipinski definition) is 6. The minimum atomic E-state index is -0.678. The molecule has 29 heavy (non-hydrogen) atoms. The molecule has 0 atom stereocenters. The van der Waals surface area contributed by atoms with Gasteiger partial charge in [0.15, 0.2) is 11.5 Å². The van der Waals surface area contributed by atoms with Gasteiger partial charge >= 0.3 is 0 Å². The van der Waals surface area contributed by atoms with E-state index in [1.54, 1.807) is 18.2 Å². The van der Waals surface area contributed by atoms with Crippen LogP contribution in [0.5, 0.6) is 11.5 Å². The van der Waals surface area contributed by atoms with E-state index in [9.17, 15) is 18.8 Å². The normalized spacial score (nSPS) is 16.6. The summed E-state index contributed by atoms with van der Waals surface area (Å²) in [4.78, 5) is 38.0. The molecular weight excluding hydrogens is 467 g/mol. The van der Waals surface area contributed by atoms with Gasteiger partial charge in [-0.1, -0.05) is 28.1 Å². The molecule has 2 aliphatic heterocycles. The highest BCUT2D eigenvalue weighted by Crippen LogP contribution is 2.39. The van der Waals surface area contributed by atoms with Gasteiger partial charge in [0.2, 0.25) is 12.7 Å². The van der Waals surface area contributed by atoms with Crippen LogP contribution in [-0.4, -0.2) is 35.3 Å². The number of amides is 3. The monoisotopic (exact) mass is 478 g/mol. The summed E-state index contributed by atoms with van der Waals surface area (Å²) in [6, 6.07) is 9.02. The highest BCUT2D eigenvalue weighted by molar-refractivity contribution is 9.10. The molecular formula is C19H12BrFN2O5S. The first-order valence-electron chi connectivity index (χ1n) is 8.31. The van der Waals surface area contributed by atoms with Crippen LogP contribution in [0.3, 0.4) is 0 Å². The highest BCUT2D eigenvalue weighted by atomic mass is 79.9. The number of carbonyl (C=O) groups is 3. The van der Waals surface area contributed by atoms with Gasteiger partial charge in [0.1, 0.15) is 12.4 Å². The Morgan fingerprint density at radius 1 is 1.24 bits per heavy atom. The van der Waals surface area contributed by atoms with Crippen LogP contribution < -0.4 is 14.8 Å². The number of hydrogen-bond donors (Lipinski definition) is 1. The Labute approximate surface area is 177 Å². The molecule has 0 radical (unpaired) electrons. The lowest BCUT2D eigenvalue weighted by Gasteiger charge is -2.12. The van der Waals surface area contributed by atoms with Gasteiger partial charge in [-0.3, -0.25) is 19.3 Å². The predicted molar refractivity (Wildman–Crippen MR) is 108 cm³/mol. The van der Waals surface area contributed by atoms with Crippen molar-refractivity contribution in [1.82, 2.24) is 4.90 Å². The summed E-state index contributed by atoms with van der Waals surface area (Å²) in [5.41, 5.74) is 0.597. The molecule has 2 aliphatic rings. The minimum absolute atomic E-state index is 0.0238. The molecule has 148 valence electrons. The number of nitrogens with one attached hydrogen (secondary N) is 1. The van der Waals surface area contributed by atoms with Gasteiger partial charge in [0.05, 0.1) is 10.6 Å². The number of thioether (sulfide) groups is 1. The predicted octanol–water partition coefficient (Wildman–Crippen LogP) is 3.99. The number of benzene rings is 2. The number of nitrogens with zero attached hydrogens (tertiary/aromatic N) is 1. The van der Waals surface area contributed by atoms with Crippen molar-refractivity contribution in [1.29, 1.82) is 0 Å². The summed E-state index contributed by atoms with van der Waals surface area (Å²) in [6.07, 6.45) is 1.53. The average Bonchev–Trinajstić information content (AvgIpc) is 3.23. The van der Waals surface area contributed by atoms with Crippen LogP contribution in [0.15, 0.2) is 45.8 Å². The van der Waals surface area contributed by atoms with Crippen molar-refractivity contribution in [2.75, 3.05) is 18.7 Å². The first-order valence-corrected chi connectivity index (χ1v) is 9.92. The van der Waals surface area contributed by atoms with Gasteiger partial charge in [-0.25, -0.2) is 4.39 Å². The molecule has 0 saturated carbocycles. The maximum atomic E-state index is 13.7. The largest absolute Gasteiger partial charge is 0.454 e. The van der Waals surface area contributed by atoms with Crippen molar-refractivity contribution in [3.8, 4) is 11.5 Å². The lowest BCUT2D eigenvalue weighted by Crippen LogP contribution is -2.36. The SMILES string of the molecule is O=C(CN1C(=O)S/C(=C/c2cc3c(cc2Br)OCO3)C1=O)Nc1ccccc1F. The van der Waals surface area contributed by atoms with Crippen LogP contribution >= 0.6 is 27.7 Å². The zero-order valence-electron chi connectivity index (χ0n) is 14.6. The second-order valence-electron chi connectivity index (χ2n) is 6.02. The lowest BCUT2D eigenvalue weighted by atomic mass is 10.2. The Balaban J connectivity index is 1.50. The average molecular weight is 479 g/mol. The fourth-order valence-electron chi connectivity index (χ4n) is 2.72. The van der Waals surface area contributed by atoms with Gasteiger partial charge in [-0.2, -0.15) is 0 Å². The van der Waals surface area contributed by atoms with Crippen LogP contribution in [-0.2, 0) is 9.59 Å². The molecule has 3 amide bonds. The molecule has 2 heterocycles. The molecule has 0 aromatic heterocycles. The second kappa shape index (κ2) is 7.88. The van der Waals surface area contributed by atoms with Crippen molar-refractivity contribution in [3.05, 3.63) is 57.2 Å². The zero-order valence-corrected chi connectivity index (χ0v) is 17.0. The van der Waals surface area contributed by atoms with Crippen LogP contribution in [0.2, 0.25) is 0 Å². The number of halogens is 2. The van der Waals surface area contributed by atoms with Crippen molar-refractivity contribution >= 4 is 56.5 Å². The maximum absolute atomic E-state index is 13.7. The van der Waals surface area contributed by atoms with E-state index in [0.29, 0.717) is 21.5 Å². The molecule has 1 N–H and O–H groups in total. The Kier molecular flexibility index (Phi) is 5.29. The van der Waals surface area contributed by atoms with E-state index < -0.39 is 29.4 Å². The van der Waals surface area contributed by atoms with Gasteiger partial charge in [0, 0.05) is 4.47 Å². The molecule has 7 nitrogen and oxygen atoms in total. The van der Waals surface area contributed by atoms with E-state index in [-0.39, 0.29) is 17.4 Å². The minimum Gasteiger partial charge on any atom is -0.454 e. The van der Waals surface area contributed by atoms with Crippen molar-refractivity contribution in [3.63, 3.8) is 0 Å². The van der Waals surface area contributed by atoms with Crippen molar-refractivity contribution in [2.24, 2.45) is 0 Å². The third-order valence-electron chi connectivity index (χ3n) is 4.10. The molecule has 10 heteroatoms. The Morgan fingerprint density at radius 2 is 1.97 bits per heavy atom. The summed E-state index contributed by atoms with van der Waals surface area (Å²) in [6.45, 7) is -0.405. The van der Waals surface area contributed by atoms with E-state index in [0.717, 1.165) is 16.7 Å². The fourth-order valence-corrected chi connectivity index (χ4v) is 3.98. The van der Waals surface area contributed by atoms with E-state index in [4.69, 9.17) is 9.47 Å². The van der Waals surface area contributed by atoms with Gasteiger partial charge in [-0.05, 0) is 47.7 Å². The van der Waals surface area contributed by atoms with Gasteiger partial charge in [0.25, 0.3) is 11.1 Å². The topological polar surface area (TPSA) is 84.9 Å². The fraction of sp³-hybridized carbons (Fsp3) is 0.105. The van der Waals surface area contributed by atoms with Crippen molar-refractivity contribution in [2.45, 2.75) is 0 Å². The summed E-state index contributed by atoms with van der Waals surface area (Å²) < 4.78 is 24.9. The summed E-state index contributed by atoms with van der Waals surface area (Å²) in [5.74, 6) is -0.784. The number of anilines is 1. The first kappa shape index (κ1) is 19.5. The number of ether oxygens (including phenoxy) is 2. The van der Waals surface area contributed by atoms with Crippen LogP contribution in [0, 0.1) is 5.82 Å². The van der Waals surface area contributed by atoms with E-state index in [1.807, 2.05) is 0 Å². The van der Waals surface area contributed by atoms with E-state index >= 15 is 0 Å². The smallest absolute Gasteiger partial charge is 0.294 e. The number of rotatable bonds is 4. The number of para-hydroxylation sites is 1. The van der Waals surface area contributed by atoms with Crippen LogP contribution in [0.25, 0.3) is 6.08 Å². The third-order valence-corrected chi connectivity index (χ3v) is 5.70. The first-order chi connectivity index (χ1) is 13.9. The molecule has 0 unspecified atom stereocenters. The number of imide groups is 1. The van der Waals surface area contributed by atoms with Crippen LogP contribution in [0.4, 0.5) is 14.9 Å². The summed E-state index contributed by atoms with van der Waals surface area (Å²) in [5, 5.41) is 1.77. The highest BCUT2D eigenvalue weighted by Gasteiger charge is 2.36. The molecule has 0 bridgehead atoms. The molecule has 0 spiro atoms. The Bertz CT molecular complexity index is 1070. The lowest BCUT2D eigenvalue weighted by molar-refractivity contribution is -0.127. The molecule has 1 fully saturated rings. The molecule has 0 aliphatic carbocycles. The Morgan fingerprint density at radius 3 is 2.72 bits per heavy atom. The standard InChI is InChI=1S/C19H12BrFN2O5S/c20-11-7-15-14(27-9-28-15)5-10(11)6-16-18(25)23(19(26)29-16)8-17(24)22-13-4-2-1-3-12(13)21/h1-7H,8-9H2,(H,22,24)/b16-6+. The van der Waals surface area contributed by atoms with Crippen molar-refractivity contribution < 1.29 is 28.2 Å². The van der Waals surface area contributed by atoms with E-state index in [1.165, 1.54) is 24.3 Å². The molecule has 1 saturated heterocycles. The molecule has 2 aromatic carbocycles. The zero-order chi connectivity index (χ0) is 20.5. The van der Waals surface area contributed by atoms with Gasteiger partial charge in [-0.15, -0.1) is 0 Å². The number of carbonyl (C=O) groups excluding carboxylic acids is 3. The molecule has 2 aromatic rings. The second-order valence-corrected chi connectivity index (χ2v) is 7.87. The Hall–Kier alpha value is -2.85. The van der Waals surface area contributed by atoms with Gasteiger partial charge < -0.3 is 14.8 Å². The quantitative estimate of drug-likeness (QED) is 0.668. The molecule has 4 rings (SSSR count). The number of fused-ring (bicyclic) bond motifs is 1.